The fourth-order valence-corrected chi connectivity index (χ4v) is 9.07. The van der Waals surface area contributed by atoms with Gasteiger partial charge in [-0.1, -0.05) is 66.8 Å². The molecule has 0 atom stereocenters. The van der Waals surface area contributed by atoms with E-state index in [1.54, 1.807) is 96.4 Å². The average Bonchev–Trinajstić information content (AvgIpc) is 4.44. The predicted molar refractivity (Wildman–Crippen MR) is 304 cm³/mol. The van der Waals surface area contributed by atoms with Crippen LogP contribution in [-0.2, 0) is 54.4 Å². The second kappa shape index (κ2) is 32.7. The fourth-order valence-electron chi connectivity index (χ4n) is 8.50. The van der Waals surface area contributed by atoms with Gasteiger partial charge in [0.25, 0.3) is 11.8 Å². The smallest absolute Gasteiger partial charge is 1.00 e. The van der Waals surface area contributed by atoms with Crippen LogP contribution in [0.1, 0.15) is 107 Å². The number of H-pyrrole nitrogens is 3. The Bertz CT molecular complexity index is 3050. The zero-order valence-corrected chi connectivity index (χ0v) is 51.0. The molecule has 10 rings (SSSR count). The normalized spacial score (nSPS) is 13.8. The van der Waals surface area contributed by atoms with Crippen LogP contribution in [0.5, 0.6) is 0 Å². The molecule has 7 heterocycles. The van der Waals surface area contributed by atoms with Gasteiger partial charge in [-0.3, -0.25) is 29.7 Å². The molecule has 27 heteroatoms. The van der Waals surface area contributed by atoms with E-state index in [-0.39, 0.29) is 101 Å². The first-order chi connectivity index (χ1) is 38.0. The van der Waals surface area contributed by atoms with Crippen LogP contribution in [0, 0.1) is 6.92 Å². The first-order valence-corrected chi connectivity index (χ1v) is 26.8. The molecule has 81 heavy (non-hydrogen) atoms. The Balaban J connectivity index is 0.000000243. The Morgan fingerprint density at radius 2 is 1.05 bits per heavy atom. The molecule has 4 aliphatic rings. The van der Waals surface area contributed by atoms with Crippen LogP contribution in [0.25, 0.3) is 0 Å². The van der Waals surface area contributed by atoms with Crippen LogP contribution in [0.3, 0.4) is 0 Å². The van der Waals surface area contributed by atoms with E-state index in [0.717, 1.165) is 35.2 Å². The van der Waals surface area contributed by atoms with Gasteiger partial charge in [0, 0.05) is 138 Å². The maximum atomic E-state index is 14.0. The van der Waals surface area contributed by atoms with Crippen LogP contribution < -0.4 is 32.9 Å². The van der Waals surface area contributed by atoms with Gasteiger partial charge < -0.3 is 59.3 Å². The number of carbonyl (C=O) groups excluding carboxylic acids is 5. The van der Waals surface area contributed by atoms with Gasteiger partial charge in [0.1, 0.15) is 11.4 Å². The number of amides is 7. The van der Waals surface area contributed by atoms with Gasteiger partial charge >= 0.3 is 41.1 Å². The fraction of sp³-hybridized carbons (Fsp3) is 0.389. The molecule has 0 aliphatic carbocycles. The molecule has 1 fully saturated rings. The number of fused-ring (bicyclic) bond motifs is 3. The van der Waals surface area contributed by atoms with Crippen molar-refractivity contribution < 1.29 is 59.3 Å². The summed E-state index contributed by atoms with van der Waals surface area (Å²) < 4.78 is 33.0. The SMILES string of the molecule is C1CCOC1.CCC(=O)c1n[nH]c2c1CN(C(=O)Nc1cccc(Cl)c1)CC2.CCC(F)(F)c1n[nH]c2c1CN(C(=O)Nc1cccc(Cl)c1)CC2.CON(C)C(=O)c1n[nH]c2c1CN(C(=O)Nc1cccc(Cl)c1)CC2.[Br-].[CH2-]C.[Mg+2]. The number of anilines is 3. The van der Waals surface area contributed by atoms with Gasteiger partial charge in [0.2, 0.25) is 0 Å². The van der Waals surface area contributed by atoms with Crippen molar-refractivity contribution in [3.63, 3.8) is 0 Å². The predicted octanol–water partition coefficient (Wildman–Crippen LogP) is 7.95. The number of halogens is 6. The van der Waals surface area contributed by atoms with Crippen LogP contribution in [-0.4, -0.2) is 150 Å². The molecule has 6 N–H and O–H groups in total. The summed E-state index contributed by atoms with van der Waals surface area (Å²) in [5, 5.41) is 31.5. The summed E-state index contributed by atoms with van der Waals surface area (Å²) in [5.74, 6) is -3.38. The Kier molecular flexibility index (Phi) is 27.3. The summed E-state index contributed by atoms with van der Waals surface area (Å²) in [6, 6.07) is 19.9. The van der Waals surface area contributed by atoms with Gasteiger partial charge in [-0.25, -0.2) is 19.4 Å². The summed E-state index contributed by atoms with van der Waals surface area (Å²) in [5.41, 5.74) is 6.68. The van der Waals surface area contributed by atoms with E-state index in [1.165, 1.54) is 38.8 Å². The van der Waals surface area contributed by atoms with E-state index in [0.29, 0.717) is 107 Å². The van der Waals surface area contributed by atoms with E-state index in [2.05, 4.69) is 53.5 Å². The Hall–Kier alpha value is -5.86. The molecular formula is C54H65BrCl3F2MgN13O7. The van der Waals surface area contributed by atoms with Crippen molar-refractivity contribution in [1.82, 2.24) is 50.4 Å². The number of alkyl halides is 2. The standard InChI is InChI=1S/C16H17ClF2N4O.C16H18ClN5O3.C16H17ClN4O2.C4H8O.C2H5.BrH.Mg/c1-2-16(18,19)14-12-9-23(7-6-13(12)21-22-14)15(24)20-11-5-3-4-10(17)8-11;1-21(25-2)15(23)14-12-9-22(7-6-13(12)19-20-14)16(24)18-11-5-3-4-10(17)8-11;1-2-14(22)15-12-9-21(7-6-13(12)19-20-15)16(23)18-11-5-3-4-10(17)8-11;1-2-4-5-3-1;1-2;;/h3-5,8H,2,6-7,9H2,1H3,(H,20,24)(H,21,22);3-5,8H,6-7,9H2,1-2H3,(H,18,24)(H,19,20);3-5,8H,2,6-7,9H2,1H3,(H,18,23)(H,19,20);1-4H2;1H2,2H3;1H;/q;;;;-1;;+2/p-1. The summed E-state index contributed by atoms with van der Waals surface area (Å²) in [6.45, 7) is 12.5. The molecule has 0 unspecified atom stereocenters. The molecule has 0 bridgehead atoms. The van der Waals surface area contributed by atoms with Gasteiger partial charge in [-0.2, -0.15) is 31.0 Å². The van der Waals surface area contributed by atoms with E-state index >= 15 is 0 Å². The zero-order valence-electron chi connectivity index (χ0n) is 45.7. The molecule has 20 nitrogen and oxygen atoms in total. The Morgan fingerprint density at radius 1 is 0.667 bits per heavy atom. The van der Waals surface area contributed by atoms with Gasteiger partial charge in [0.15, 0.2) is 11.5 Å². The van der Waals surface area contributed by atoms with Crippen molar-refractivity contribution in [3.05, 3.63) is 146 Å². The first-order valence-electron chi connectivity index (χ1n) is 25.6. The number of urea groups is 3. The molecule has 0 saturated carbocycles. The number of hydrogen-bond donors (Lipinski definition) is 6. The number of hydroxylamine groups is 2. The number of ketones is 1. The number of Topliss-reactive ketones (excluding diaryl/α,β-unsaturated/α-hetero) is 1. The quantitative estimate of drug-likeness (QED) is 0.0354. The van der Waals surface area contributed by atoms with Gasteiger partial charge in [-0.15, -0.1) is 0 Å². The van der Waals surface area contributed by atoms with Crippen molar-refractivity contribution >= 4 is 105 Å². The molecule has 0 spiro atoms. The number of aromatic nitrogens is 6. The van der Waals surface area contributed by atoms with E-state index in [4.69, 9.17) is 44.4 Å². The number of rotatable bonds is 9. The van der Waals surface area contributed by atoms with Crippen molar-refractivity contribution in [2.45, 2.75) is 91.3 Å². The number of carbonyl (C=O) groups is 5. The van der Waals surface area contributed by atoms with Crippen LogP contribution >= 0.6 is 34.8 Å². The monoisotopic (exact) mass is 1250 g/mol. The number of nitrogens with one attached hydrogen (secondary N) is 6. The average molecular weight is 1260 g/mol. The molecular weight excluding hydrogens is 1190 g/mol. The zero-order chi connectivity index (χ0) is 57.2. The van der Waals surface area contributed by atoms with Gasteiger partial charge in [0.05, 0.1) is 26.7 Å². The molecule has 1 saturated heterocycles. The van der Waals surface area contributed by atoms with E-state index in [9.17, 15) is 32.8 Å². The first kappa shape index (κ1) is 67.6. The minimum absolute atomic E-state index is 0. The number of ether oxygens (including phenoxy) is 1. The molecule has 7 amide bonds. The molecule has 4 aliphatic heterocycles. The molecule has 3 aromatic carbocycles. The minimum atomic E-state index is -3.00. The third kappa shape index (κ3) is 18.6. The second-order valence-electron chi connectivity index (χ2n) is 18.1. The summed E-state index contributed by atoms with van der Waals surface area (Å²) >= 11 is 17.7. The topological polar surface area (TPSA) is 239 Å². The van der Waals surface area contributed by atoms with Crippen molar-refractivity contribution in [1.29, 1.82) is 0 Å². The Labute approximate surface area is 510 Å². The molecule has 3 aromatic heterocycles. The van der Waals surface area contributed by atoms with Gasteiger partial charge in [-0.05, 0) is 67.4 Å². The van der Waals surface area contributed by atoms with Crippen molar-refractivity contribution in [2.24, 2.45) is 0 Å². The second-order valence-corrected chi connectivity index (χ2v) is 19.4. The number of benzene rings is 3. The van der Waals surface area contributed by atoms with Crippen LogP contribution in [0.4, 0.5) is 40.2 Å². The van der Waals surface area contributed by atoms with Crippen LogP contribution in [0.2, 0.25) is 15.1 Å². The molecule has 0 radical (unpaired) electrons. The molecule has 6 aromatic rings. The maximum Gasteiger partial charge on any atom is 2.00 e. The van der Waals surface area contributed by atoms with E-state index in [1.807, 2.05) is 0 Å². The summed E-state index contributed by atoms with van der Waals surface area (Å²) in [4.78, 5) is 71.3. The number of nitrogens with zero attached hydrogens (tertiary/aromatic N) is 7. The van der Waals surface area contributed by atoms with E-state index < -0.39 is 5.92 Å². The number of hydrogen-bond acceptors (Lipinski definition) is 10. The number of aromatic amines is 3. The van der Waals surface area contributed by atoms with Crippen LogP contribution in [0.15, 0.2) is 72.8 Å². The summed E-state index contributed by atoms with van der Waals surface area (Å²) in [7, 11) is 2.91. The largest absolute Gasteiger partial charge is 2.00 e. The maximum absolute atomic E-state index is 14.0. The third-order valence-electron chi connectivity index (χ3n) is 12.9. The third-order valence-corrected chi connectivity index (χ3v) is 13.6. The summed E-state index contributed by atoms with van der Waals surface area (Å²) in [6.07, 6.45) is 4.33. The molecule has 432 valence electrons. The van der Waals surface area contributed by atoms with Crippen molar-refractivity contribution in [2.75, 3.05) is 63.0 Å². The van der Waals surface area contributed by atoms with Crippen molar-refractivity contribution in [3.8, 4) is 0 Å². The minimum Gasteiger partial charge on any atom is -1.00 e. The Morgan fingerprint density at radius 3 is 1.42 bits per heavy atom.